The molecule has 0 radical (unpaired) electrons. The molecule has 1 heteroatoms. The van der Waals surface area contributed by atoms with Crippen LogP contribution < -0.4 is 0 Å². The van der Waals surface area contributed by atoms with Crippen LogP contribution in [0.5, 0.6) is 0 Å². The average Bonchev–Trinajstić information content (AvgIpc) is 2.87. The van der Waals surface area contributed by atoms with Crippen LogP contribution in [0.4, 0.5) is 0 Å². The molecule has 2 fully saturated rings. The Balaban J connectivity index is 2.01. The van der Waals surface area contributed by atoms with Crippen molar-refractivity contribution in [2.75, 3.05) is 0 Å². The summed E-state index contributed by atoms with van der Waals surface area (Å²) >= 11 is 0. The Morgan fingerprint density at radius 2 is 1.80 bits per heavy atom. The van der Waals surface area contributed by atoms with E-state index in [1.165, 1.54) is 25.7 Å². The molecule has 3 aliphatic rings. The van der Waals surface area contributed by atoms with Gasteiger partial charge in [0.05, 0.1) is 0 Å². The molecule has 4 atom stereocenters. The molecular weight excluding hydrogens is 184 g/mol. The first-order chi connectivity index (χ1) is 7.27. The van der Waals surface area contributed by atoms with Crippen LogP contribution in [0.25, 0.3) is 0 Å². The topological polar surface area (TPSA) is 17.1 Å². The Morgan fingerprint density at radius 1 is 1.13 bits per heavy atom. The van der Waals surface area contributed by atoms with Crippen molar-refractivity contribution in [2.45, 2.75) is 46.0 Å². The summed E-state index contributed by atoms with van der Waals surface area (Å²) in [5, 5.41) is 0. The molecular formula is C14H20O. The molecule has 4 unspecified atom stereocenters. The van der Waals surface area contributed by atoms with Gasteiger partial charge in [-0.15, -0.1) is 0 Å². The molecule has 2 bridgehead atoms. The molecule has 2 saturated carbocycles. The molecule has 82 valence electrons. The number of ketones is 1. The van der Waals surface area contributed by atoms with Crippen molar-refractivity contribution >= 4 is 5.78 Å². The number of carbonyl (C=O) groups is 1. The Morgan fingerprint density at radius 3 is 2.47 bits per heavy atom. The van der Waals surface area contributed by atoms with Crippen molar-refractivity contribution in [1.29, 1.82) is 0 Å². The lowest BCUT2D eigenvalue weighted by Crippen LogP contribution is -2.24. The van der Waals surface area contributed by atoms with E-state index in [1.807, 2.05) is 0 Å². The quantitative estimate of drug-likeness (QED) is 0.630. The van der Waals surface area contributed by atoms with E-state index in [0.717, 1.165) is 18.3 Å². The minimum absolute atomic E-state index is 0.445. The van der Waals surface area contributed by atoms with E-state index in [9.17, 15) is 4.79 Å². The third-order valence-corrected chi connectivity index (χ3v) is 5.08. The van der Waals surface area contributed by atoms with Crippen molar-refractivity contribution < 1.29 is 4.79 Å². The van der Waals surface area contributed by atoms with Gasteiger partial charge >= 0.3 is 0 Å². The summed E-state index contributed by atoms with van der Waals surface area (Å²) in [4.78, 5) is 11.9. The molecule has 0 saturated heterocycles. The monoisotopic (exact) mass is 204 g/mol. The van der Waals surface area contributed by atoms with Crippen LogP contribution in [0, 0.1) is 23.7 Å². The van der Waals surface area contributed by atoms with E-state index in [2.05, 4.69) is 13.8 Å². The van der Waals surface area contributed by atoms with Gasteiger partial charge in [-0.05, 0) is 43.4 Å². The fourth-order valence-corrected chi connectivity index (χ4v) is 4.68. The number of hydrogen-bond donors (Lipinski definition) is 0. The summed E-state index contributed by atoms with van der Waals surface area (Å²) in [6.07, 6.45) is 5.78. The molecule has 3 aliphatic carbocycles. The van der Waals surface area contributed by atoms with E-state index in [1.54, 1.807) is 11.1 Å². The van der Waals surface area contributed by atoms with E-state index < -0.39 is 0 Å². The van der Waals surface area contributed by atoms with Gasteiger partial charge in [-0.3, -0.25) is 4.79 Å². The van der Waals surface area contributed by atoms with Crippen LogP contribution in [0.15, 0.2) is 11.1 Å². The first kappa shape index (κ1) is 9.62. The molecule has 3 rings (SSSR count). The summed E-state index contributed by atoms with van der Waals surface area (Å²) in [5.74, 6) is 3.22. The van der Waals surface area contributed by atoms with E-state index in [4.69, 9.17) is 0 Å². The third kappa shape index (κ3) is 1.07. The van der Waals surface area contributed by atoms with E-state index in [-0.39, 0.29) is 0 Å². The van der Waals surface area contributed by atoms with Crippen molar-refractivity contribution in [3.05, 3.63) is 11.1 Å². The van der Waals surface area contributed by atoms with E-state index in [0.29, 0.717) is 17.6 Å². The molecule has 0 heterocycles. The van der Waals surface area contributed by atoms with Crippen molar-refractivity contribution in [3.8, 4) is 0 Å². The highest BCUT2D eigenvalue weighted by Gasteiger charge is 2.55. The first-order valence-electron chi connectivity index (χ1n) is 6.52. The summed E-state index contributed by atoms with van der Waals surface area (Å²) in [7, 11) is 0. The van der Waals surface area contributed by atoms with Gasteiger partial charge in [-0.1, -0.05) is 25.0 Å². The standard InChI is InChI=1S/C14H20O/c1-3-8-9(4-2)12-7-11(8)10-5-6-13(15)14(10)12/h10-12,14H,3-7H2,1-2H3. The Bertz CT molecular complexity index is 339. The zero-order chi connectivity index (χ0) is 10.6. The average molecular weight is 204 g/mol. The molecule has 0 aromatic rings. The van der Waals surface area contributed by atoms with Crippen LogP contribution >= 0.6 is 0 Å². The second-order valence-corrected chi connectivity index (χ2v) is 5.40. The SMILES string of the molecule is CCC1=C(CC)C2CC1C1CCC(=O)C21. The molecule has 0 amide bonds. The first-order valence-corrected chi connectivity index (χ1v) is 6.52. The second-order valence-electron chi connectivity index (χ2n) is 5.40. The van der Waals surface area contributed by atoms with Gasteiger partial charge < -0.3 is 0 Å². The number of rotatable bonds is 2. The lowest BCUT2D eigenvalue weighted by Gasteiger charge is -2.28. The number of fused-ring (bicyclic) bond motifs is 5. The predicted octanol–water partition coefficient (Wildman–Crippen LogP) is 3.35. The summed E-state index contributed by atoms with van der Waals surface area (Å²) in [5.41, 5.74) is 3.40. The number of carbonyl (C=O) groups excluding carboxylic acids is 1. The maximum atomic E-state index is 11.9. The molecule has 0 N–H and O–H groups in total. The van der Waals surface area contributed by atoms with Gasteiger partial charge in [0, 0.05) is 12.3 Å². The number of hydrogen-bond acceptors (Lipinski definition) is 1. The Hall–Kier alpha value is -0.590. The summed E-state index contributed by atoms with van der Waals surface area (Å²) in [6, 6.07) is 0. The van der Waals surface area contributed by atoms with E-state index >= 15 is 0 Å². The highest BCUT2D eigenvalue weighted by molar-refractivity contribution is 5.85. The van der Waals surface area contributed by atoms with Crippen LogP contribution in [0.3, 0.4) is 0 Å². The zero-order valence-electron chi connectivity index (χ0n) is 9.75. The molecule has 0 aromatic heterocycles. The van der Waals surface area contributed by atoms with Crippen LogP contribution in [0.1, 0.15) is 46.0 Å². The molecule has 1 nitrogen and oxygen atoms in total. The highest BCUT2D eigenvalue weighted by Crippen LogP contribution is 2.60. The van der Waals surface area contributed by atoms with Gasteiger partial charge in [0.1, 0.15) is 5.78 Å². The van der Waals surface area contributed by atoms with Gasteiger partial charge in [0.2, 0.25) is 0 Å². The van der Waals surface area contributed by atoms with Gasteiger partial charge in [0.15, 0.2) is 0 Å². The normalized spacial score (nSPS) is 42.9. The maximum absolute atomic E-state index is 11.9. The fraction of sp³-hybridized carbons (Fsp3) is 0.786. The Labute approximate surface area is 91.9 Å². The largest absolute Gasteiger partial charge is 0.299 e. The van der Waals surface area contributed by atoms with Gasteiger partial charge in [0.25, 0.3) is 0 Å². The zero-order valence-corrected chi connectivity index (χ0v) is 9.75. The molecule has 0 aromatic carbocycles. The lowest BCUT2D eigenvalue weighted by atomic mass is 9.76. The molecule has 0 spiro atoms. The number of Topliss-reactive ketones (excluding diaryl/α,β-unsaturated/α-hetero) is 1. The Kier molecular flexibility index (Phi) is 2.05. The minimum Gasteiger partial charge on any atom is -0.299 e. The molecule has 0 aliphatic heterocycles. The van der Waals surface area contributed by atoms with Crippen LogP contribution in [-0.2, 0) is 4.79 Å². The molecule has 15 heavy (non-hydrogen) atoms. The highest BCUT2D eigenvalue weighted by atomic mass is 16.1. The maximum Gasteiger partial charge on any atom is 0.136 e. The lowest BCUT2D eigenvalue weighted by molar-refractivity contribution is -0.121. The predicted molar refractivity (Wildman–Crippen MR) is 60.4 cm³/mol. The smallest absolute Gasteiger partial charge is 0.136 e. The summed E-state index contributed by atoms with van der Waals surface area (Å²) in [6.45, 7) is 4.55. The van der Waals surface area contributed by atoms with Crippen molar-refractivity contribution in [1.82, 2.24) is 0 Å². The third-order valence-electron chi connectivity index (χ3n) is 5.08. The van der Waals surface area contributed by atoms with Crippen LogP contribution in [0.2, 0.25) is 0 Å². The second kappa shape index (κ2) is 3.20. The minimum atomic E-state index is 0.445. The van der Waals surface area contributed by atoms with Crippen LogP contribution in [-0.4, -0.2) is 5.78 Å². The van der Waals surface area contributed by atoms with Crippen molar-refractivity contribution in [2.24, 2.45) is 23.7 Å². The van der Waals surface area contributed by atoms with Crippen molar-refractivity contribution in [3.63, 3.8) is 0 Å². The van der Waals surface area contributed by atoms with Gasteiger partial charge in [-0.2, -0.15) is 0 Å². The summed E-state index contributed by atoms with van der Waals surface area (Å²) < 4.78 is 0. The fourth-order valence-electron chi connectivity index (χ4n) is 4.68. The van der Waals surface area contributed by atoms with Gasteiger partial charge in [-0.25, -0.2) is 0 Å². The number of allylic oxidation sites excluding steroid dienone is 2.